The van der Waals surface area contributed by atoms with Gasteiger partial charge in [-0.1, -0.05) is 12.1 Å². The van der Waals surface area contributed by atoms with E-state index in [4.69, 9.17) is 13.0 Å². The van der Waals surface area contributed by atoms with Crippen molar-refractivity contribution < 1.29 is 22.6 Å². The summed E-state index contributed by atoms with van der Waals surface area (Å²) in [6, 6.07) is 6.74. The van der Waals surface area contributed by atoms with Crippen LogP contribution in [0.1, 0.15) is 20.7 Å². The van der Waals surface area contributed by atoms with E-state index in [0.29, 0.717) is 11.1 Å². The highest BCUT2D eigenvalue weighted by atomic mass is 32.2. The topological polar surface area (TPSA) is 101 Å². The monoisotopic (exact) mass is 229 g/mol. The second-order valence-electron chi connectivity index (χ2n) is 2.57. The summed E-state index contributed by atoms with van der Waals surface area (Å²) in [7, 11) is -3.12. The standard InChI is InChI=1S/C8H5NO2.H2O3S/c10-7-5-3-1-2-4-6(5)8(11)9-7;1-4(2)3/h1-4H,(H,9,10,11);4H,(H,1,2,3). The molecule has 0 saturated carbocycles. The Labute approximate surface area is 86.7 Å². The Morgan fingerprint density at radius 1 is 1.00 bits per heavy atom. The lowest BCUT2D eigenvalue weighted by molar-refractivity contribution is 0.0879. The van der Waals surface area contributed by atoms with Gasteiger partial charge in [0, 0.05) is 0 Å². The van der Waals surface area contributed by atoms with Gasteiger partial charge < -0.3 is 0 Å². The smallest absolute Gasteiger partial charge is 0.258 e. The average molecular weight is 229 g/mol. The molecule has 0 aliphatic carbocycles. The Morgan fingerprint density at radius 3 is 1.67 bits per heavy atom. The fraction of sp³-hybridized carbons (Fsp3) is 0. The SMILES string of the molecule is O=C1NC(=O)c2ccccc21.O=[SH](=O)O. The Bertz CT molecular complexity index is 439. The lowest BCUT2D eigenvalue weighted by atomic mass is 10.1. The van der Waals surface area contributed by atoms with Crippen molar-refractivity contribution in [3.05, 3.63) is 35.4 Å². The molecule has 0 radical (unpaired) electrons. The second kappa shape index (κ2) is 4.67. The molecule has 1 aliphatic heterocycles. The molecule has 1 aromatic rings. The van der Waals surface area contributed by atoms with E-state index in [-0.39, 0.29) is 11.8 Å². The molecule has 6 nitrogen and oxygen atoms in total. The summed E-state index contributed by atoms with van der Waals surface area (Å²) in [5.41, 5.74) is 0.940. The average Bonchev–Trinajstić information content (AvgIpc) is 2.43. The summed E-state index contributed by atoms with van der Waals surface area (Å²) < 4.78 is 24.2. The Hall–Kier alpha value is -1.73. The van der Waals surface area contributed by atoms with Crippen LogP contribution in [0.5, 0.6) is 0 Å². The van der Waals surface area contributed by atoms with Gasteiger partial charge in [-0.2, -0.15) is 0 Å². The molecule has 2 amide bonds. The van der Waals surface area contributed by atoms with Gasteiger partial charge in [0.2, 0.25) is 0 Å². The first-order valence-electron chi connectivity index (χ1n) is 3.80. The first-order valence-corrected chi connectivity index (χ1v) is 4.93. The van der Waals surface area contributed by atoms with Gasteiger partial charge in [0.1, 0.15) is 0 Å². The van der Waals surface area contributed by atoms with Crippen molar-refractivity contribution in [3.63, 3.8) is 0 Å². The largest absolute Gasteiger partial charge is 0.288 e. The van der Waals surface area contributed by atoms with Gasteiger partial charge in [0.05, 0.1) is 11.1 Å². The van der Waals surface area contributed by atoms with Crippen LogP contribution in [0.15, 0.2) is 24.3 Å². The highest BCUT2D eigenvalue weighted by molar-refractivity contribution is 7.66. The van der Waals surface area contributed by atoms with Crippen LogP contribution < -0.4 is 5.32 Å². The van der Waals surface area contributed by atoms with Crippen molar-refractivity contribution in [2.75, 3.05) is 0 Å². The molecule has 7 heteroatoms. The van der Waals surface area contributed by atoms with Crippen molar-refractivity contribution in [2.45, 2.75) is 0 Å². The van der Waals surface area contributed by atoms with E-state index in [1.807, 2.05) is 0 Å². The number of rotatable bonds is 0. The predicted octanol–water partition coefficient (Wildman–Crippen LogP) is -0.359. The van der Waals surface area contributed by atoms with Crippen LogP contribution in [-0.4, -0.2) is 24.8 Å². The van der Waals surface area contributed by atoms with Crippen molar-refractivity contribution in [2.24, 2.45) is 0 Å². The van der Waals surface area contributed by atoms with Crippen molar-refractivity contribution in [1.82, 2.24) is 5.32 Å². The second-order valence-corrected chi connectivity index (χ2v) is 3.04. The molecule has 1 aromatic carbocycles. The minimum Gasteiger partial charge on any atom is -0.288 e. The normalized spacial score (nSPS) is 12.9. The summed E-state index contributed by atoms with van der Waals surface area (Å²) in [5.74, 6) is -0.601. The number of amides is 2. The number of carbonyl (C=O) groups is 2. The van der Waals surface area contributed by atoms with E-state index >= 15 is 0 Å². The van der Waals surface area contributed by atoms with Gasteiger partial charge in [-0.3, -0.25) is 19.5 Å². The van der Waals surface area contributed by atoms with Gasteiger partial charge in [-0.15, -0.1) is 0 Å². The van der Waals surface area contributed by atoms with Crippen molar-refractivity contribution >= 4 is 22.8 Å². The number of hydrogen-bond donors (Lipinski definition) is 3. The molecule has 80 valence electrons. The molecule has 15 heavy (non-hydrogen) atoms. The summed E-state index contributed by atoms with van der Waals surface area (Å²) in [5, 5.41) is 2.20. The van der Waals surface area contributed by atoms with E-state index in [1.54, 1.807) is 24.3 Å². The quantitative estimate of drug-likeness (QED) is 0.320. The molecule has 0 spiro atoms. The third-order valence-electron chi connectivity index (χ3n) is 1.64. The summed E-state index contributed by atoms with van der Waals surface area (Å²) in [6.07, 6.45) is 0. The summed E-state index contributed by atoms with van der Waals surface area (Å²) in [4.78, 5) is 21.9. The van der Waals surface area contributed by atoms with Crippen LogP contribution in [0.3, 0.4) is 0 Å². The number of hydrogen-bond acceptors (Lipinski definition) is 4. The lowest BCUT2D eigenvalue weighted by Gasteiger charge is -1.88. The van der Waals surface area contributed by atoms with E-state index in [9.17, 15) is 9.59 Å². The molecule has 1 heterocycles. The molecule has 0 saturated heterocycles. The molecular weight excluding hydrogens is 222 g/mol. The first kappa shape index (κ1) is 11.3. The molecule has 0 bridgehead atoms. The van der Waals surface area contributed by atoms with Crippen LogP contribution in [0.4, 0.5) is 0 Å². The predicted molar refractivity (Wildman–Crippen MR) is 51.2 cm³/mol. The molecule has 2 N–H and O–H groups in total. The highest BCUT2D eigenvalue weighted by Crippen LogP contribution is 2.13. The van der Waals surface area contributed by atoms with Gasteiger partial charge in [-0.05, 0) is 12.1 Å². The minimum atomic E-state index is -3.12. The summed E-state index contributed by atoms with van der Waals surface area (Å²) in [6.45, 7) is 0. The van der Waals surface area contributed by atoms with E-state index in [2.05, 4.69) is 5.32 Å². The van der Waals surface area contributed by atoms with Crippen LogP contribution >= 0.6 is 0 Å². The van der Waals surface area contributed by atoms with Gasteiger partial charge in [-0.25, -0.2) is 8.42 Å². The van der Waals surface area contributed by atoms with Crippen LogP contribution in [0.2, 0.25) is 0 Å². The van der Waals surface area contributed by atoms with Crippen molar-refractivity contribution in [3.8, 4) is 0 Å². The molecular formula is C8H7NO5S. The number of nitrogens with one attached hydrogen (secondary N) is 1. The van der Waals surface area contributed by atoms with E-state index in [0.717, 1.165) is 0 Å². The van der Waals surface area contributed by atoms with Crippen LogP contribution in [0, 0.1) is 0 Å². The molecule has 0 unspecified atom stereocenters. The number of benzene rings is 1. The molecule has 2 rings (SSSR count). The molecule has 1 aliphatic rings. The van der Waals surface area contributed by atoms with Crippen LogP contribution in [0.25, 0.3) is 0 Å². The van der Waals surface area contributed by atoms with Gasteiger partial charge >= 0.3 is 0 Å². The maximum Gasteiger partial charge on any atom is 0.258 e. The van der Waals surface area contributed by atoms with Crippen LogP contribution in [-0.2, 0) is 11.0 Å². The minimum absolute atomic E-state index is 0.300. The zero-order valence-electron chi connectivity index (χ0n) is 7.34. The number of fused-ring (bicyclic) bond motifs is 1. The molecule has 0 aromatic heterocycles. The van der Waals surface area contributed by atoms with Crippen molar-refractivity contribution in [1.29, 1.82) is 0 Å². The Balaban J connectivity index is 0.000000245. The number of thiol groups is 1. The molecule has 0 fully saturated rings. The number of imide groups is 1. The van der Waals surface area contributed by atoms with Gasteiger partial charge in [0.25, 0.3) is 22.8 Å². The summed E-state index contributed by atoms with van der Waals surface area (Å²) >= 11 is 0. The highest BCUT2D eigenvalue weighted by Gasteiger charge is 2.25. The zero-order valence-corrected chi connectivity index (χ0v) is 8.23. The lowest BCUT2D eigenvalue weighted by Crippen LogP contribution is -2.19. The number of carbonyl (C=O) groups excluding carboxylic acids is 2. The zero-order chi connectivity index (χ0) is 11.4. The van der Waals surface area contributed by atoms with E-state index in [1.165, 1.54) is 0 Å². The third-order valence-corrected chi connectivity index (χ3v) is 1.64. The maximum absolute atomic E-state index is 10.9. The fourth-order valence-corrected chi connectivity index (χ4v) is 1.12. The van der Waals surface area contributed by atoms with Gasteiger partial charge in [0.15, 0.2) is 0 Å². The first-order chi connectivity index (χ1) is 7.02. The third kappa shape index (κ3) is 2.86. The Morgan fingerprint density at radius 2 is 1.33 bits per heavy atom. The molecule has 0 atom stereocenters. The van der Waals surface area contributed by atoms with E-state index < -0.39 is 11.0 Å². The maximum atomic E-state index is 10.9. The fourth-order valence-electron chi connectivity index (χ4n) is 1.12. The Kier molecular flexibility index (Phi) is 3.53.